The van der Waals surface area contributed by atoms with Crippen molar-refractivity contribution in [2.75, 3.05) is 13.2 Å². The number of hydrogen-bond acceptors (Lipinski definition) is 4. The van der Waals surface area contributed by atoms with E-state index >= 15 is 0 Å². The number of halogens is 4. The lowest BCUT2D eigenvalue weighted by Gasteiger charge is -2.57. The van der Waals surface area contributed by atoms with Crippen LogP contribution in [0.4, 0.5) is 13.2 Å². The van der Waals surface area contributed by atoms with Crippen LogP contribution >= 0.6 is 35.3 Å². The smallest absolute Gasteiger partial charge is 0.377 e. The average Bonchev–Trinajstić information content (AvgIpc) is 3.36. The molecule has 1 aliphatic heterocycles. The fourth-order valence-corrected chi connectivity index (χ4v) is 5.76. The van der Waals surface area contributed by atoms with Gasteiger partial charge in [-0.25, -0.2) is 9.98 Å². The summed E-state index contributed by atoms with van der Waals surface area (Å²) in [5.41, 5.74) is -0.646. The van der Waals surface area contributed by atoms with E-state index in [2.05, 4.69) is 20.6 Å². The molecule has 4 rings (SSSR count). The van der Waals surface area contributed by atoms with E-state index in [0.29, 0.717) is 35.6 Å². The first-order valence-corrected chi connectivity index (χ1v) is 10.5. The van der Waals surface area contributed by atoms with Gasteiger partial charge in [0.05, 0.1) is 12.6 Å². The van der Waals surface area contributed by atoms with Crippen LogP contribution in [0, 0.1) is 11.3 Å². The van der Waals surface area contributed by atoms with Gasteiger partial charge in [-0.3, -0.25) is 0 Å². The number of nitrogens with one attached hydrogen (secondary N) is 2. The minimum absolute atomic E-state index is 0. The highest BCUT2D eigenvalue weighted by molar-refractivity contribution is 14.0. The van der Waals surface area contributed by atoms with Crippen molar-refractivity contribution in [2.24, 2.45) is 16.3 Å². The molecule has 3 unspecified atom stereocenters. The number of nitrogens with zero attached hydrogens (tertiary/aromatic N) is 2. The zero-order chi connectivity index (χ0) is 19.1. The van der Waals surface area contributed by atoms with Crippen LogP contribution in [0.15, 0.2) is 10.4 Å². The Morgan fingerprint density at radius 1 is 1.39 bits per heavy atom. The number of guanidine groups is 1. The summed E-state index contributed by atoms with van der Waals surface area (Å²) in [6, 6.07) is 0.326. The van der Waals surface area contributed by atoms with Crippen LogP contribution in [-0.2, 0) is 17.5 Å². The Bertz CT molecular complexity index is 705. The molecule has 2 saturated carbocycles. The summed E-state index contributed by atoms with van der Waals surface area (Å²) in [7, 11) is 0. The van der Waals surface area contributed by atoms with Crippen LogP contribution in [0.5, 0.6) is 0 Å². The number of aliphatic imine (C=N–C) groups is 1. The summed E-state index contributed by atoms with van der Waals surface area (Å²) < 4.78 is 44.1. The first-order valence-electron chi connectivity index (χ1n) is 9.62. The predicted octanol–water partition coefficient (Wildman–Crippen LogP) is 4.18. The molecule has 0 aromatic carbocycles. The molecule has 0 bridgehead atoms. The van der Waals surface area contributed by atoms with Crippen LogP contribution in [0.1, 0.15) is 49.7 Å². The molecule has 158 valence electrons. The lowest BCUT2D eigenvalue weighted by molar-refractivity contribution is -0.140. The molecular formula is C18H26F3IN4OS. The zero-order valence-electron chi connectivity index (χ0n) is 15.7. The Hall–Kier alpha value is -0.620. The van der Waals surface area contributed by atoms with E-state index < -0.39 is 11.9 Å². The van der Waals surface area contributed by atoms with Crippen molar-refractivity contribution in [1.29, 1.82) is 0 Å². The van der Waals surface area contributed by atoms with Gasteiger partial charge in [0.15, 0.2) is 11.7 Å². The molecule has 10 heteroatoms. The number of hydrogen-bond donors (Lipinski definition) is 2. The Labute approximate surface area is 183 Å². The molecule has 1 saturated heterocycles. The largest absolute Gasteiger partial charge is 0.434 e. The number of thiazole rings is 1. The minimum Gasteiger partial charge on any atom is -0.377 e. The second-order valence-corrected chi connectivity index (χ2v) is 8.57. The third-order valence-electron chi connectivity index (χ3n) is 6.14. The van der Waals surface area contributed by atoms with Crippen LogP contribution < -0.4 is 10.6 Å². The van der Waals surface area contributed by atoms with E-state index in [1.54, 1.807) is 0 Å². The van der Waals surface area contributed by atoms with Gasteiger partial charge in [-0.2, -0.15) is 13.2 Å². The van der Waals surface area contributed by atoms with E-state index in [4.69, 9.17) is 4.74 Å². The Morgan fingerprint density at radius 3 is 2.79 bits per heavy atom. The molecule has 5 nitrogen and oxygen atoms in total. The summed E-state index contributed by atoms with van der Waals surface area (Å²) in [5.74, 6) is 1.16. The van der Waals surface area contributed by atoms with Crippen molar-refractivity contribution >= 4 is 41.3 Å². The van der Waals surface area contributed by atoms with Gasteiger partial charge in [-0.05, 0) is 26.2 Å². The monoisotopic (exact) mass is 530 g/mol. The molecule has 3 atom stereocenters. The predicted molar refractivity (Wildman–Crippen MR) is 113 cm³/mol. The van der Waals surface area contributed by atoms with Crippen molar-refractivity contribution in [2.45, 2.75) is 63.9 Å². The molecule has 3 fully saturated rings. The highest BCUT2D eigenvalue weighted by atomic mass is 127. The first-order chi connectivity index (χ1) is 12.9. The molecule has 3 aliphatic rings. The lowest BCUT2D eigenvalue weighted by atomic mass is 9.54. The molecular weight excluding hydrogens is 504 g/mol. The highest BCUT2D eigenvalue weighted by Gasteiger charge is 2.65. The Balaban J connectivity index is 0.00000225. The second-order valence-electron chi connectivity index (χ2n) is 7.63. The van der Waals surface area contributed by atoms with Crippen molar-refractivity contribution in [3.63, 3.8) is 0 Å². The molecule has 0 amide bonds. The number of alkyl halides is 3. The van der Waals surface area contributed by atoms with Gasteiger partial charge in [-0.15, -0.1) is 35.3 Å². The van der Waals surface area contributed by atoms with Crippen molar-refractivity contribution in [3.05, 3.63) is 16.1 Å². The second kappa shape index (κ2) is 8.63. The minimum atomic E-state index is -4.40. The summed E-state index contributed by atoms with van der Waals surface area (Å²) in [6.07, 6.45) is 1.83. The number of aromatic nitrogens is 1. The van der Waals surface area contributed by atoms with Crippen molar-refractivity contribution < 1.29 is 17.9 Å². The van der Waals surface area contributed by atoms with Gasteiger partial charge in [0.25, 0.3) is 0 Å². The maximum absolute atomic E-state index is 12.7. The maximum atomic E-state index is 12.7. The van der Waals surface area contributed by atoms with Crippen LogP contribution in [0.2, 0.25) is 0 Å². The third kappa shape index (κ3) is 4.00. The normalized spacial score (nSPS) is 28.6. The number of ether oxygens (including phenoxy) is 1. The van der Waals surface area contributed by atoms with Gasteiger partial charge in [-0.1, -0.05) is 12.8 Å². The Kier molecular flexibility index (Phi) is 6.80. The van der Waals surface area contributed by atoms with E-state index in [9.17, 15) is 13.2 Å². The molecule has 2 N–H and O–H groups in total. The topological polar surface area (TPSA) is 58.5 Å². The standard InChI is InChI=1S/C18H25F3N4OS.HI/c1-2-22-16(23-9-13-24-12(10-27-13)18(19,20)21)25-14-11-5-8-26-15(11)17(14)6-3-4-7-17;/h10-11,14-15H,2-9H2,1H3,(H2,22,23,25);1H. The van der Waals surface area contributed by atoms with Crippen molar-refractivity contribution in [1.82, 2.24) is 15.6 Å². The van der Waals surface area contributed by atoms with E-state index in [1.165, 1.54) is 25.7 Å². The van der Waals surface area contributed by atoms with E-state index in [-0.39, 0.29) is 35.9 Å². The molecule has 2 heterocycles. The third-order valence-corrected chi connectivity index (χ3v) is 6.97. The summed E-state index contributed by atoms with van der Waals surface area (Å²) in [6.45, 7) is 3.64. The van der Waals surface area contributed by atoms with Gasteiger partial charge in [0.1, 0.15) is 5.01 Å². The van der Waals surface area contributed by atoms with Crippen LogP contribution in [0.25, 0.3) is 0 Å². The summed E-state index contributed by atoms with van der Waals surface area (Å²) in [4.78, 5) is 8.17. The molecule has 1 spiro atoms. The number of rotatable bonds is 4. The summed E-state index contributed by atoms with van der Waals surface area (Å²) in [5, 5.41) is 8.22. The molecule has 1 aromatic heterocycles. The fourth-order valence-electron chi connectivity index (χ4n) is 5.03. The van der Waals surface area contributed by atoms with Gasteiger partial charge < -0.3 is 15.4 Å². The van der Waals surface area contributed by atoms with E-state index in [1.807, 2.05) is 6.92 Å². The molecule has 0 radical (unpaired) electrons. The molecule has 1 aromatic rings. The molecule has 2 aliphatic carbocycles. The maximum Gasteiger partial charge on any atom is 0.434 e. The average molecular weight is 530 g/mol. The Morgan fingerprint density at radius 2 is 2.14 bits per heavy atom. The number of fused-ring (bicyclic) bond motifs is 2. The van der Waals surface area contributed by atoms with Crippen LogP contribution in [0.3, 0.4) is 0 Å². The van der Waals surface area contributed by atoms with Crippen LogP contribution in [-0.4, -0.2) is 36.2 Å². The van der Waals surface area contributed by atoms with Gasteiger partial charge >= 0.3 is 6.18 Å². The van der Waals surface area contributed by atoms with Gasteiger partial charge in [0, 0.05) is 35.9 Å². The summed E-state index contributed by atoms with van der Waals surface area (Å²) >= 11 is 0.996. The molecule has 28 heavy (non-hydrogen) atoms. The van der Waals surface area contributed by atoms with Gasteiger partial charge in [0.2, 0.25) is 0 Å². The fraction of sp³-hybridized carbons (Fsp3) is 0.778. The van der Waals surface area contributed by atoms with E-state index in [0.717, 1.165) is 29.7 Å². The highest BCUT2D eigenvalue weighted by Crippen LogP contribution is 2.60. The SMILES string of the molecule is CCNC(=NCc1nc(C(F)(F)F)cs1)NC1C2CCOC2C12CCCC2.I. The first kappa shape index (κ1) is 22.1. The zero-order valence-corrected chi connectivity index (χ0v) is 18.9. The quantitative estimate of drug-likeness (QED) is 0.349. The lowest BCUT2D eigenvalue weighted by Crippen LogP contribution is -2.69. The van der Waals surface area contributed by atoms with Crippen molar-refractivity contribution in [3.8, 4) is 0 Å².